The highest BCUT2D eigenvalue weighted by molar-refractivity contribution is 5.95. The number of Topliss-reactive ketones (excluding diaryl/α,β-unsaturated/α-hetero) is 1. The number of ether oxygens (including phenoxy) is 3. The number of hydrogen-bond donors (Lipinski definition) is 0. The van der Waals surface area contributed by atoms with Crippen molar-refractivity contribution in [2.45, 2.75) is 130 Å². The Morgan fingerprint density at radius 2 is 1.55 bits per heavy atom. The highest BCUT2D eigenvalue weighted by atomic mass is 16.6. The second kappa shape index (κ2) is 9.26. The second-order valence-electron chi connectivity index (χ2n) is 13.0. The lowest BCUT2D eigenvalue weighted by atomic mass is 9.59. The van der Waals surface area contributed by atoms with Crippen LogP contribution < -0.4 is 0 Å². The summed E-state index contributed by atoms with van der Waals surface area (Å²) >= 11 is 0. The van der Waals surface area contributed by atoms with Crippen LogP contribution in [-0.4, -0.2) is 42.8 Å². The SMILES string of the molecule is CCC1(C)CCC2OC2CC1CCC(=O)CC(=O)OCC1CC2OC2CCC1(C)C(C)(C)C. The first-order chi connectivity index (χ1) is 15.4. The van der Waals surface area contributed by atoms with Crippen LogP contribution in [0.25, 0.3) is 0 Å². The Morgan fingerprint density at radius 1 is 0.939 bits per heavy atom. The van der Waals surface area contributed by atoms with Gasteiger partial charge in [-0.3, -0.25) is 9.59 Å². The molecule has 2 heterocycles. The standard InChI is InChI=1S/C28H46O5/c1-7-27(5)12-10-21-23(32-21)14-18(27)8-9-20(29)16-25(30)31-17-19-15-24-22(33-24)11-13-28(19,6)26(2,3)4/h18-19,21-24H,7-17H2,1-6H3. The van der Waals surface area contributed by atoms with Crippen LogP contribution in [0, 0.1) is 28.1 Å². The third kappa shape index (κ3) is 5.50. The van der Waals surface area contributed by atoms with Crippen LogP contribution in [0.15, 0.2) is 0 Å². The van der Waals surface area contributed by atoms with E-state index in [4.69, 9.17) is 14.2 Å². The lowest BCUT2D eigenvalue weighted by Gasteiger charge is -2.47. The summed E-state index contributed by atoms with van der Waals surface area (Å²) in [5.41, 5.74) is 0.476. The van der Waals surface area contributed by atoms with E-state index in [0.717, 1.165) is 44.9 Å². The van der Waals surface area contributed by atoms with Gasteiger partial charge in [0, 0.05) is 12.3 Å². The van der Waals surface area contributed by atoms with Gasteiger partial charge >= 0.3 is 5.97 Å². The van der Waals surface area contributed by atoms with Crippen molar-refractivity contribution in [3.8, 4) is 0 Å². The minimum absolute atomic E-state index is 0.0148. The molecule has 0 radical (unpaired) electrons. The van der Waals surface area contributed by atoms with Crippen molar-refractivity contribution in [2.24, 2.45) is 28.1 Å². The topological polar surface area (TPSA) is 68.4 Å². The highest BCUT2D eigenvalue weighted by Gasteiger charge is 2.53. The van der Waals surface area contributed by atoms with Gasteiger partial charge in [0.05, 0.1) is 31.0 Å². The molecule has 4 aliphatic rings. The van der Waals surface area contributed by atoms with E-state index >= 15 is 0 Å². The summed E-state index contributed by atoms with van der Waals surface area (Å²) in [5, 5.41) is 0. The van der Waals surface area contributed by atoms with Gasteiger partial charge in [-0.25, -0.2) is 0 Å². The predicted molar refractivity (Wildman–Crippen MR) is 128 cm³/mol. The Kier molecular flexibility index (Phi) is 7.06. The molecule has 0 aromatic heterocycles. The van der Waals surface area contributed by atoms with Crippen molar-refractivity contribution in [3.05, 3.63) is 0 Å². The van der Waals surface area contributed by atoms with Crippen LogP contribution in [0.3, 0.4) is 0 Å². The van der Waals surface area contributed by atoms with Gasteiger partial charge in [0.1, 0.15) is 12.2 Å². The summed E-state index contributed by atoms with van der Waals surface area (Å²) in [4.78, 5) is 25.3. The van der Waals surface area contributed by atoms with Crippen LogP contribution in [0.4, 0.5) is 0 Å². The molecular formula is C28H46O5. The molecule has 188 valence electrons. The van der Waals surface area contributed by atoms with Crippen molar-refractivity contribution in [1.29, 1.82) is 0 Å². The van der Waals surface area contributed by atoms with Crippen LogP contribution in [0.2, 0.25) is 0 Å². The van der Waals surface area contributed by atoms with Crippen LogP contribution in [0.1, 0.15) is 106 Å². The summed E-state index contributed by atoms with van der Waals surface area (Å²) in [5.74, 6) is 0.404. The molecule has 2 aliphatic heterocycles. The van der Waals surface area contributed by atoms with E-state index in [9.17, 15) is 9.59 Å². The minimum Gasteiger partial charge on any atom is -0.465 e. The molecule has 8 atom stereocenters. The molecule has 2 saturated carbocycles. The van der Waals surface area contributed by atoms with Crippen molar-refractivity contribution >= 4 is 11.8 Å². The van der Waals surface area contributed by atoms with Crippen LogP contribution in [0.5, 0.6) is 0 Å². The average Bonchev–Trinajstić information content (AvgIpc) is 3.64. The molecule has 5 nitrogen and oxygen atoms in total. The summed E-state index contributed by atoms with van der Waals surface area (Å²) in [6.07, 6.45) is 10.4. The number of ketones is 1. The summed E-state index contributed by atoms with van der Waals surface area (Å²) < 4.78 is 17.3. The van der Waals surface area contributed by atoms with E-state index < -0.39 is 0 Å². The van der Waals surface area contributed by atoms with Crippen molar-refractivity contribution in [2.75, 3.05) is 6.61 Å². The minimum atomic E-state index is -0.363. The summed E-state index contributed by atoms with van der Waals surface area (Å²) in [6, 6.07) is 0. The van der Waals surface area contributed by atoms with E-state index in [0.29, 0.717) is 43.4 Å². The largest absolute Gasteiger partial charge is 0.465 e. The van der Waals surface area contributed by atoms with Crippen molar-refractivity contribution < 1.29 is 23.8 Å². The summed E-state index contributed by atoms with van der Waals surface area (Å²) in [7, 11) is 0. The number of epoxide rings is 2. The number of carbonyl (C=O) groups is 2. The molecule has 4 fully saturated rings. The molecule has 2 aliphatic carbocycles. The smallest absolute Gasteiger partial charge is 0.313 e. The molecule has 8 unspecified atom stereocenters. The Balaban J connectivity index is 1.26. The summed E-state index contributed by atoms with van der Waals surface area (Å²) in [6.45, 7) is 14.2. The van der Waals surface area contributed by atoms with Gasteiger partial charge in [0.25, 0.3) is 0 Å². The fourth-order valence-electron chi connectivity index (χ4n) is 6.71. The molecule has 0 spiro atoms. The third-order valence-electron chi connectivity index (χ3n) is 10.3. The van der Waals surface area contributed by atoms with E-state index in [-0.39, 0.29) is 40.3 Å². The van der Waals surface area contributed by atoms with Gasteiger partial charge in [0.15, 0.2) is 0 Å². The van der Waals surface area contributed by atoms with E-state index in [1.807, 2.05) is 0 Å². The molecule has 0 amide bonds. The third-order valence-corrected chi connectivity index (χ3v) is 10.3. The zero-order valence-electron chi connectivity index (χ0n) is 21.8. The average molecular weight is 463 g/mol. The lowest BCUT2D eigenvalue weighted by molar-refractivity contribution is -0.150. The van der Waals surface area contributed by atoms with E-state index in [2.05, 4.69) is 41.5 Å². The van der Waals surface area contributed by atoms with Crippen molar-refractivity contribution in [3.63, 3.8) is 0 Å². The van der Waals surface area contributed by atoms with Gasteiger partial charge in [-0.2, -0.15) is 0 Å². The zero-order valence-corrected chi connectivity index (χ0v) is 21.8. The Morgan fingerprint density at radius 3 is 2.15 bits per heavy atom. The van der Waals surface area contributed by atoms with Crippen LogP contribution >= 0.6 is 0 Å². The molecule has 5 heteroatoms. The maximum atomic E-state index is 12.7. The number of esters is 1. The predicted octanol–water partition coefficient (Wildman–Crippen LogP) is 5.87. The zero-order chi connectivity index (χ0) is 24.0. The molecule has 0 aromatic carbocycles. The molecule has 33 heavy (non-hydrogen) atoms. The molecule has 2 saturated heterocycles. The normalized spacial score (nSPS) is 42.4. The van der Waals surface area contributed by atoms with Gasteiger partial charge in [-0.15, -0.1) is 0 Å². The van der Waals surface area contributed by atoms with Gasteiger partial charge in [-0.05, 0) is 67.1 Å². The Labute approximate surface area is 200 Å². The maximum Gasteiger partial charge on any atom is 0.313 e. The van der Waals surface area contributed by atoms with Crippen molar-refractivity contribution in [1.82, 2.24) is 0 Å². The molecule has 0 bridgehead atoms. The first-order valence-corrected chi connectivity index (χ1v) is 13.4. The molecule has 0 N–H and O–H groups in total. The Bertz CT molecular complexity index is 741. The van der Waals surface area contributed by atoms with Gasteiger partial charge < -0.3 is 14.2 Å². The fourth-order valence-corrected chi connectivity index (χ4v) is 6.71. The Hall–Kier alpha value is -0.940. The number of fused-ring (bicyclic) bond motifs is 2. The first-order valence-electron chi connectivity index (χ1n) is 13.4. The molecule has 0 aromatic rings. The first kappa shape index (κ1) is 25.2. The monoisotopic (exact) mass is 462 g/mol. The van der Waals surface area contributed by atoms with E-state index in [1.54, 1.807) is 0 Å². The highest BCUT2D eigenvalue weighted by Crippen LogP contribution is 2.55. The quantitative estimate of drug-likeness (QED) is 0.256. The number of hydrogen-bond acceptors (Lipinski definition) is 5. The molecule has 4 rings (SSSR count). The van der Waals surface area contributed by atoms with Crippen LogP contribution in [-0.2, 0) is 23.8 Å². The van der Waals surface area contributed by atoms with E-state index in [1.165, 1.54) is 6.42 Å². The fraction of sp³-hybridized carbons (Fsp3) is 0.929. The van der Waals surface area contributed by atoms with Gasteiger partial charge in [0.2, 0.25) is 0 Å². The number of rotatable bonds is 8. The maximum absolute atomic E-state index is 12.7. The lowest BCUT2D eigenvalue weighted by Crippen LogP contribution is -2.42. The second-order valence-corrected chi connectivity index (χ2v) is 13.0. The van der Waals surface area contributed by atoms with Gasteiger partial charge in [-0.1, -0.05) is 48.0 Å². The molecular weight excluding hydrogens is 416 g/mol. The number of carbonyl (C=O) groups excluding carboxylic acids is 2.